The molecular formula is C20H24N2O3. The van der Waals surface area contributed by atoms with Crippen molar-refractivity contribution in [1.82, 2.24) is 0 Å². The third-order valence-corrected chi connectivity index (χ3v) is 3.61. The Balaban J connectivity index is 1.97. The van der Waals surface area contributed by atoms with Crippen molar-refractivity contribution >= 4 is 23.2 Å². The Kier molecular flexibility index (Phi) is 7.01. The first-order valence-electron chi connectivity index (χ1n) is 8.56. The van der Waals surface area contributed by atoms with Crippen molar-refractivity contribution in [1.29, 1.82) is 0 Å². The van der Waals surface area contributed by atoms with Crippen LogP contribution in [0, 0.1) is 0 Å². The normalized spacial score (nSPS) is 10.2. The molecule has 0 aliphatic rings. The highest BCUT2D eigenvalue weighted by Crippen LogP contribution is 2.17. The van der Waals surface area contributed by atoms with Crippen molar-refractivity contribution in [2.45, 2.75) is 33.1 Å². The number of hydrogen-bond donors (Lipinski definition) is 2. The molecule has 2 rings (SSSR count). The SMILES string of the molecule is CCCCOc1cccc(C(=O)Nc2ccc(NC(=O)CC)cc2)c1. The van der Waals surface area contributed by atoms with Gasteiger partial charge in [0.25, 0.3) is 5.91 Å². The summed E-state index contributed by atoms with van der Waals surface area (Å²) < 4.78 is 5.63. The maximum atomic E-state index is 12.4. The van der Waals surface area contributed by atoms with Gasteiger partial charge in [0.2, 0.25) is 5.91 Å². The van der Waals surface area contributed by atoms with Crippen LogP contribution < -0.4 is 15.4 Å². The fourth-order valence-corrected chi connectivity index (χ4v) is 2.15. The number of rotatable bonds is 8. The fraction of sp³-hybridized carbons (Fsp3) is 0.300. The van der Waals surface area contributed by atoms with E-state index >= 15 is 0 Å². The van der Waals surface area contributed by atoms with E-state index in [0.29, 0.717) is 35.7 Å². The van der Waals surface area contributed by atoms with Gasteiger partial charge in [0.15, 0.2) is 0 Å². The summed E-state index contributed by atoms with van der Waals surface area (Å²) >= 11 is 0. The Hall–Kier alpha value is -2.82. The molecule has 2 amide bonds. The molecule has 2 aromatic rings. The summed E-state index contributed by atoms with van der Waals surface area (Å²) in [7, 11) is 0. The van der Waals surface area contributed by atoms with E-state index in [1.54, 1.807) is 49.4 Å². The molecule has 0 bridgehead atoms. The monoisotopic (exact) mass is 340 g/mol. The number of amides is 2. The Morgan fingerprint density at radius 3 is 2.28 bits per heavy atom. The lowest BCUT2D eigenvalue weighted by atomic mass is 10.2. The van der Waals surface area contributed by atoms with E-state index in [0.717, 1.165) is 12.8 Å². The van der Waals surface area contributed by atoms with Crippen LogP contribution in [0.5, 0.6) is 5.75 Å². The molecule has 0 heterocycles. The molecule has 2 N–H and O–H groups in total. The van der Waals surface area contributed by atoms with Gasteiger partial charge in [-0.3, -0.25) is 9.59 Å². The molecule has 0 spiro atoms. The summed E-state index contributed by atoms with van der Waals surface area (Å²) in [5.74, 6) is 0.446. The number of nitrogens with one attached hydrogen (secondary N) is 2. The van der Waals surface area contributed by atoms with E-state index in [2.05, 4.69) is 17.6 Å². The second-order valence-electron chi connectivity index (χ2n) is 5.66. The number of carbonyl (C=O) groups is 2. The first-order chi connectivity index (χ1) is 12.1. The Morgan fingerprint density at radius 1 is 0.960 bits per heavy atom. The van der Waals surface area contributed by atoms with Crippen molar-refractivity contribution < 1.29 is 14.3 Å². The van der Waals surface area contributed by atoms with Crippen LogP contribution in [0.15, 0.2) is 48.5 Å². The number of carbonyl (C=O) groups excluding carboxylic acids is 2. The second kappa shape index (κ2) is 9.47. The molecule has 0 saturated carbocycles. The van der Waals surface area contributed by atoms with E-state index < -0.39 is 0 Å². The second-order valence-corrected chi connectivity index (χ2v) is 5.66. The summed E-state index contributed by atoms with van der Waals surface area (Å²) in [5.41, 5.74) is 1.91. The Morgan fingerprint density at radius 2 is 1.64 bits per heavy atom. The van der Waals surface area contributed by atoms with Crippen molar-refractivity contribution in [2.75, 3.05) is 17.2 Å². The predicted molar refractivity (Wildman–Crippen MR) is 100 cm³/mol. The smallest absolute Gasteiger partial charge is 0.255 e. The molecule has 5 nitrogen and oxygen atoms in total. The molecule has 0 radical (unpaired) electrons. The Labute approximate surface area is 148 Å². The van der Waals surface area contributed by atoms with Gasteiger partial charge < -0.3 is 15.4 Å². The fourth-order valence-electron chi connectivity index (χ4n) is 2.15. The van der Waals surface area contributed by atoms with Crippen molar-refractivity contribution in [2.24, 2.45) is 0 Å². The van der Waals surface area contributed by atoms with Crippen molar-refractivity contribution in [3.63, 3.8) is 0 Å². The average molecular weight is 340 g/mol. The number of unbranched alkanes of at least 4 members (excludes halogenated alkanes) is 1. The molecule has 0 unspecified atom stereocenters. The third kappa shape index (κ3) is 5.95. The zero-order valence-electron chi connectivity index (χ0n) is 14.7. The van der Waals surface area contributed by atoms with Gasteiger partial charge in [-0.2, -0.15) is 0 Å². The Bertz CT molecular complexity index is 711. The van der Waals surface area contributed by atoms with Gasteiger partial charge in [-0.1, -0.05) is 26.3 Å². The molecule has 132 valence electrons. The molecule has 0 atom stereocenters. The van der Waals surface area contributed by atoms with Crippen LogP contribution in [-0.4, -0.2) is 18.4 Å². The van der Waals surface area contributed by atoms with Crippen LogP contribution in [0.2, 0.25) is 0 Å². The average Bonchev–Trinajstić information content (AvgIpc) is 2.63. The molecule has 5 heteroatoms. The van der Waals surface area contributed by atoms with E-state index in [1.165, 1.54) is 0 Å². The number of ether oxygens (including phenoxy) is 1. The molecule has 0 saturated heterocycles. The number of anilines is 2. The largest absolute Gasteiger partial charge is 0.494 e. The standard InChI is InChI=1S/C20H24N2O3/c1-3-5-13-25-18-8-6-7-15(14-18)20(24)22-17-11-9-16(10-12-17)21-19(23)4-2/h6-12,14H,3-5,13H2,1-2H3,(H,21,23)(H,22,24). The van der Waals surface area contributed by atoms with Gasteiger partial charge in [0, 0.05) is 23.4 Å². The highest BCUT2D eigenvalue weighted by Gasteiger charge is 2.08. The van der Waals surface area contributed by atoms with Crippen LogP contribution >= 0.6 is 0 Å². The minimum absolute atomic E-state index is 0.0447. The zero-order valence-corrected chi connectivity index (χ0v) is 14.7. The molecule has 25 heavy (non-hydrogen) atoms. The molecular weight excluding hydrogens is 316 g/mol. The molecule has 2 aromatic carbocycles. The predicted octanol–water partition coefficient (Wildman–Crippen LogP) is 4.47. The summed E-state index contributed by atoms with van der Waals surface area (Å²) in [5, 5.41) is 5.61. The first kappa shape index (κ1) is 18.5. The van der Waals surface area contributed by atoms with E-state index in [-0.39, 0.29) is 11.8 Å². The highest BCUT2D eigenvalue weighted by atomic mass is 16.5. The lowest BCUT2D eigenvalue weighted by Crippen LogP contribution is -2.12. The van der Waals surface area contributed by atoms with Crippen LogP contribution in [0.3, 0.4) is 0 Å². The highest BCUT2D eigenvalue weighted by molar-refractivity contribution is 6.04. The summed E-state index contributed by atoms with van der Waals surface area (Å²) in [4.78, 5) is 23.7. The minimum atomic E-state index is -0.203. The molecule has 0 aliphatic carbocycles. The molecule has 0 aliphatic heterocycles. The van der Waals surface area contributed by atoms with Crippen molar-refractivity contribution in [3.8, 4) is 5.75 Å². The maximum absolute atomic E-state index is 12.4. The lowest BCUT2D eigenvalue weighted by Gasteiger charge is -2.09. The summed E-state index contributed by atoms with van der Waals surface area (Å²) in [6, 6.07) is 14.2. The van der Waals surface area contributed by atoms with Gasteiger partial charge in [-0.15, -0.1) is 0 Å². The first-order valence-corrected chi connectivity index (χ1v) is 8.56. The summed E-state index contributed by atoms with van der Waals surface area (Å²) in [6.07, 6.45) is 2.47. The van der Waals surface area contributed by atoms with Gasteiger partial charge in [-0.05, 0) is 48.9 Å². The van der Waals surface area contributed by atoms with Crippen LogP contribution in [0.25, 0.3) is 0 Å². The van der Waals surface area contributed by atoms with Crippen LogP contribution in [-0.2, 0) is 4.79 Å². The third-order valence-electron chi connectivity index (χ3n) is 3.61. The van der Waals surface area contributed by atoms with E-state index in [9.17, 15) is 9.59 Å². The van der Waals surface area contributed by atoms with Gasteiger partial charge >= 0.3 is 0 Å². The minimum Gasteiger partial charge on any atom is -0.494 e. The lowest BCUT2D eigenvalue weighted by molar-refractivity contribution is -0.115. The van der Waals surface area contributed by atoms with Crippen LogP contribution in [0.4, 0.5) is 11.4 Å². The van der Waals surface area contributed by atoms with E-state index in [4.69, 9.17) is 4.74 Å². The van der Waals surface area contributed by atoms with Crippen LogP contribution in [0.1, 0.15) is 43.5 Å². The maximum Gasteiger partial charge on any atom is 0.255 e. The topological polar surface area (TPSA) is 67.4 Å². The quantitative estimate of drug-likeness (QED) is 0.697. The van der Waals surface area contributed by atoms with Gasteiger partial charge in [0.1, 0.15) is 5.75 Å². The molecule has 0 aromatic heterocycles. The zero-order chi connectivity index (χ0) is 18.1. The number of hydrogen-bond acceptors (Lipinski definition) is 3. The van der Waals surface area contributed by atoms with E-state index in [1.807, 2.05) is 6.07 Å². The molecule has 0 fully saturated rings. The van der Waals surface area contributed by atoms with Crippen molar-refractivity contribution in [3.05, 3.63) is 54.1 Å². The number of benzene rings is 2. The summed E-state index contributed by atoms with van der Waals surface area (Å²) in [6.45, 7) is 4.54. The van der Waals surface area contributed by atoms with Gasteiger partial charge in [-0.25, -0.2) is 0 Å². The van der Waals surface area contributed by atoms with Gasteiger partial charge in [0.05, 0.1) is 6.61 Å².